The maximum absolute atomic E-state index is 12.1. The first-order valence-corrected chi connectivity index (χ1v) is 8.12. The fourth-order valence-corrected chi connectivity index (χ4v) is 2.69. The maximum atomic E-state index is 12.1. The molecule has 3 aromatic rings. The molecule has 0 bridgehead atoms. The Morgan fingerprint density at radius 2 is 2.00 bits per heavy atom. The molecule has 6 heteroatoms. The summed E-state index contributed by atoms with van der Waals surface area (Å²) in [5.74, 6) is 0.478. The number of amides is 1. The largest absolute Gasteiger partial charge is 0.339 e. The second-order valence-corrected chi connectivity index (χ2v) is 6.09. The van der Waals surface area contributed by atoms with Crippen LogP contribution in [0.2, 0.25) is 0 Å². The molecule has 2 N–H and O–H groups in total. The molecular formula is C18H15BrN4O. The molecule has 0 atom stereocenters. The lowest BCUT2D eigenvalue weighted by Crippen LogP contribution is -2.12. The minimum Gasteiger partial charge on any atom is -0.339 e. The van der Waals surface area contributed by atoms with Crippen LogP contribution in [0, 0.1) is 6.92 Å². The number of halogens is 1. The highest BCUT2D eigenvalue weighted by molar-refractivity contribution is 9.10. The third-order valence-corrected chi connectivity index (χ3v) is 3.99. The van der Waals surface area contributed by atoms with E-state index in [1.54, 1.807) is 30.6 Å². The molecule has 5 nitrogen and oxygen atoms in total. The Morgan fingerprint density at radius 3 is 2.67 bits per heavy atom. The maximum Gasteiger partial charge on any atom is 0.257 e. The van der Waals surface area contributed by atoms with Gasteiger partial charge in [0.1, 0.15) is 5.82 Å². The molecule has 3 rings (SSSR count). The summed E-state index contributed by atoms with van der Waals surface area (Å²) in [4.78, 5) is 20.3. The molecule has 0 aliphatic carbocycles. The first-order valence-electron chi connectivity index (χ1n) is 7.32. The standard InChI is InChI=1S/C18H15BrN4O/c1-12-4-6-16(15(19)9-12)23-17-7-5-14(11-21-17)22-18(24)13-3-2-8-20-10-13/h2-11H,1H3,(H,21,23)(H,22,24). The monoisotopic (exact) mass is 382 g/mol. The molecule has 0 aliphatic rings. The minimum atomic E-state index is -0.216. The van der Waals surface area contributed by atoms with Gasteiger partial charge in [0.25, 0.3) is 5.91 Å². The average Bonchev–Trinajstić information content (AvgIpc) is 2.60. The van der Waals surface area contributed by atoms with Gasteiger partial charge >= 0.3 is 0 Å². The second-order valence-electron chi connectivity index (χ2n) is 5.24. The van der Waals surface area contributed by atoms with Crippen molar-refractivity contribution in [2.45, 2.75) is 6.92 Å². The summed E-state index contributed by atoms with van der Waals surface area (Å²) >= 11 is 3.52. The number of hydrogen-bond donors (Lipinski definition) is 2. The quantitative estimate of drug-likeness (QED) is 0.694. The number of aryl methyl sites for hydroxylation is 1. The Labute approximate surface area is 148 Å². The lowest BCUT2D eigenvalue weighted by atomic mass is 10.2. The Hall–Kier alpha value is -2.73. The van der Waals surface area contributed by atoms with Crippen molar-refractivity contribution in [1.29, 1.82) is 0 Å². The molecule has 0 unspecified atom stereocenters. The predicted octanol–water partition coefficient (Wildman–Crippen LogP) is 4.54. The fraction of sp³-hybridized carbons (Fsp3) is 0.0556. The van der Waals surface area contributed by atoms with Crippen LogP contribution in [0.1, 0.15) is 15.9 Å². The molecule has 0 radical (unpaired) electrons. The van der Waals surface area contributed by atoms with Gasteiger partial charge < -0.3 is 10.6 Å². The summed E-state index contributed by atoms with van der Waals surface area (Å²) in [5.41, 5.74) is 3.23. The SMILES string of the molecule is Cc1ccc(Nc2ccc(NC(=O)c3cccnc3)cn2)c(Br)c1. The predicted molar refractivity (Wildman–Crippen MR) is 98.6 cm³/mol. The summed E-state index contributed by atoms with van der Waals surface area (Å²) in [6.07, 6.45) is 4.76. The summed E-state index contributed by atoms with van der Waals surface area (Å²) < 4.78 is 0.971. The van der Waals surface area contributed by atoms with Crippen molar-refractivity contribution in [3.8, 4) is 0 Å². The van der Waals surface area contributed by atoms with Gasteiger partial charge in [-0.1, -0.05) is 6.07 Å². The zero-order valence-electron chi connectivity index (χ0n) is 13.0. The molecule has 24 heavy (non-hydrogen) atoms. The van der Waals surface area contributed by atoms with E-state index < -0.39 is 0 Å². The van der Waals surface area contributed by atoms with Crippen LogP contribution in [-0.4, -0.2) is 15.9 Å². The van der Waals surface area contributed by atoms with Crippen LogP contribution < -0.4 is 10.6 Å². The summed E-state index contributed by atoms with van der Waals surface area (Å²) in [6.45, 7) is 2.03. The average molecular weight is 383 g/mol. The molecular weight excluding hydrogens is 368 g/mol. The van der Waals surface area contributed by atoms with Crippen LogP contribution >= 0.6 is 15.9 Å². The highest BCUT2D eigenvalue weighted by Gasteiger charge is 2.06. The summed E-state index contributed by atoms with van der Waals surface area (Å²) in [5, 5.41) is 6.02. The number of rotatable bonds is 4. The van der Waals surface area contributed by atoms with E-state index in [0.717, 1.165) is 10.2 Å². The van der Waals surface area contributed by atoms with Gasteiger partial charge in [-0.15, -0.1) is 0 Å². The van der Waals surface area contributed by atoms with Gasteiger partial charge in [-0.3, -0.25) is 9.78 Å². The third-order valence-electron chi connectivity index (χ3n) is 3.33. The van der Waals surface area contributed by atoms with Gasteiger partial charge in [0.15, 0.2) is 0 Å². The van der Waals surface area contributed by atoms with Gasteiger partial charge in [0.2, 0.25) is 0 Å². The van der Waals surface area contributed by atoms with Gasteiger partial charge in [-0.2, -0.15) is 0 Å². The first-order chi connectivity index (χ1) is 11.6. The van der Waals surface area contributed by atoms with E-state index in [1.165, 1.54) is 11.8 Å². The molecule has 0 spiro atoms. The zero-order chi connectivity index (χ0) is 16.9. The lowest BCUT2D eigenvalue weighted by Gasteiger charge is -2.10. The van der Waals surface area contributed by atoms with E-state index in [1.807, 2.05) is 31.2 Å². The topological polar surface area (TPSA) is 66.9 Å². The van der Waals surface area contributed by atoms with Gasteiger partial charge in [-0.05, 0) is 64.8 Å². The van der Waals surface area contributed by atoms with Crippen molar-refractivity contribution in [3.63, 3.8) is 0 Å². The van der Waals surface area contributed by atoms with E-state index in [-0.39, 0.29) is 5.91 Å². The summed E-state index contributed by atoms with van der Waals surface area (Å²) in [6, 6.07) is 13.1. The number of benzene rings is 1. The van der Waals surface area contributed by atoms with E-state index in [9.17, 15) is 4.79 Å². The Kier molecular flexibility index (Phi) is 4.86. The van der Waals surface area contributed by atoms with Gasteiger partial charge in [0, 0.05) is 16.9 Å². The van der Waals surface area contributed by atoms with Gasteiger partial charge in [0.05, 0.1) is 23.1 Å². The minimum absolute atomic E-state index is 0.216. The Bertz CT molecular complexity index is 851. The van der Waals surface area contributed by atoms with Crippen molar-refractivity contribution in [2.24, 2.45) is 0 Å². The third kappa shape index (κ3) is 3.97. The smallest absolute Gasteiger partial charge is 0.257 e. The highest BCUT2D eigenvalue weighted by Crippen LogP contribution is 2.26. The van der Waals surface area contributed by atoms with Crippen molar-refractivity contribution in [2.75, 3.05) is 10.6 Å². The molecule has 0 aliphatic heterocycles. The molecule has 120 valence electrons. The van der Waals surface area contributed by atoms with Crippen LogP contribution in [0.4, 0.5) is 17.2 Å². The number of hydrogen-bond acceptors (Lipinski definition) is 4. The van der Waals surface area contributed by atoms with Crippen LogP contribution in [0.15, 0.2) is 65.5 Å². The number of anilines is 3. The molecule has 1 aromatic carbocycles. The van der Waals surface area contributed by atoms with Crippen LogP contribution in [0.5, 0.6) is 0 Å². The van der Waals surface area contributed by atoms with E-state index in [0.29, 0.717) is 17.1 Å². The van der Waals surface area contributed by atoms with Crippen molar-refractivity contribution < 1.29 is 4.79 Å². The molecule has 0 fully saturated rings. The first kappa shape index (κ1) is 16.1. The number of nitrogens with zero attached hydrogens (tertiary/aromatic N) is 2. The Balaban J connectivity index is 1.68. The Morgan fingerprint density at radius 1 is 1.12 bits per heavy atom. The molecule has 0 saturated carbocycles. The normalized spacial score (nSPS) is 10.2. The number of nitrogens with one attached hydrogen (secondary N) is 2. The molecule has 1 amide bonds. The number of carbonyl (C=O) groups excluding carboxylic acids is 1. The van der Waals surface area contributed by atoms with Crippen molar-refractivity contribution >= 4 is 39.0 Å². The van der Waals surface area contributed by atoms with E-state index in [4.69, 9.17) is 0 Å². The summed E-state index contributed by atoms with van der Waals surface area (Å²) in [7, 11) is 0. The van der Waals surface area contributed by atoms with Crippen LogP contribution in [0.3, 0.4) is 0 Å². The molecule has 2 heterocycles. The highest BCUT2D eigenvalue weighted by atomic mass is 79.9. The fourth-order valence-electron chi connectivity index (χ4n) is 2.10. The van der Waals surface area contributed by atoms with Crippen molar-refractivity contribution in [1.82, 2.24) is 9.97 Å². The molecule has 0 saturated heterocycles. The number of carbonyl (C=O) groups is 1. The van der Waals surface area contributed by atoms with Crippen LogP contribution in [0.25, 0.3) is 0 Å². The number of pyridine rings is 2. The number of aromatic nitrogens is 2. The van der Waals surface area contributed by atoms with Crippen LogP contribution in [-0.2, 0) is 0 Å². The van der Waals surface area contributed by atoms with E-state index in [2.05, 4.69) is 36.5 Å². The van der Waals surface area contributed by atoms with Crippen molar-refractivity contribution in [3.05, 3.63) is 76.7 Å². The van der Waals surface area contributed by atoms with E-state index >= 15 is 0 Å². The second kappa shape index (κ2) is 7.23. The molecule has 2 aromatic heterocycles. The van der Waals surface area contributed by atoms with Gasteiger partial charge in [-0.25, -0.2) is 4.98 Å². The lowest BCUT2D eigenvalue weighted by molar-refractivity contribution is 0.102. The zero-order valence-corrected chi connectivity index (χ0v) is 14.5.